The average Bonchev–Trinajstić information content (AvgIpc) is 2.94. The maximum atomic E-state index is 13.3. The Balaban J connectivity index is 2.15. The molecule has 1 aliphatic rings. The molecule has 0 saturated heterocycles. The molecule has 5 heteroatoms. The van der Waals surface area contributed by atoms with Gasteiger partial charge >= 0.3 is 0 Å². The van der Waals surface area contributed by atoms with Crippen molar-refractivity contribution >= 4 is 5.78 Å². The lowest BCUT2D eigenvalue weighted by Crippen LogP contribution is -2.36. The smallest absolute Gasteiger partial charge is 0.218 e. The zero-order valence-electron chi connectivity index (χ0n) is 14.5. The van der Waals surface area contributed by atoms with Gasteiger partial charge in [-0.2, -0.15) is 0 Å². The van der Waals surface area contributed by atoms with Gasteiger partial charge in [-0.15, -0.1) is 6.58 Å². The third-order valence-corrected chi connectivity index (χ3v) is 4.36. The minimum Gasteiger partial charge on any atom is -0.497 e. The quantitative estimate of drug-likeness (QED) is 0.750. The molecule has 0 spiro atoms. The topological polar surface area (TPSA) is 54.0 Å². The van der Waals surface area contributed by atoms with Gasteiger partial charge in [0.1, 0.15) is 28.6 Å². The normalized spacial score (nSPS) is 18.3. The lowest BCUT2D eigenvalue weighted by molar-refractivity contribution is 0.0559. The van der Waals surface area contributed by atoms with Crippen LogP contribution in [0.3, 0.4) is 0 Å². The first-order valence-electron chi connectivity index (χ1n) is 7.85. The van der Waals surface area contributed by atoms with Crippen molar-refractivity contribution in [3.63, 3.8) is 0 Å². The second kappa shape index (κ2) is 6.51. The van der Waals surface area contributed by atoms with Crippen LogP contribution in [0.4, 0.5) is 0 Å². The molecule has 1 aliphatic heterocycles. The molecule has 0 amide bonds. The van der Waals surface area contributed by atoms with Crippen molar-refractivity contribution in [2.45, 2.75) is 12.0 Å². The van der Waals surface area contributed by atoms with Crippen molar-refractivity contribution in [1.29, 1.82) is 0 Å². The van der Waals surface area contributed by atoms with E-state index in [0.29, 0.717) is 35.0 Å². The van der Waals surface area contributed by atoms with Crippen molar-refractivity contribution in [2.24, 2.45) is 0 Å². The van der Waals surface area contributed by atoms with Gasteiger partial charge in [0.25, 0.3) is 0 Å². The number of benzene rings is 2. The zero-order valence-corrected chi connectivity index (χ0v) is 14.5. The second-order valence-electron chi connectivity index (χ2n) is 5.68. The summed E-state index contributed by atoms with van der Waals surface area (Å²) in [4.78, 5) is 13.3. The third kappa shape index (κ3) is 2.61. The summed E-state index contributed by atoms with van der Waals surface area (Å²) in [5, 5.41) is 0. The first-order chi connectivity index (χ1) is 12.1. The Labute approximate surface area is 146 Å². The van der Waals surface area contributed by atoms with E-state index in [1.807, 2.05) is 12.1 Å². The Morgan fingerprint density at radius 1 is 1.04 bits per heavy atom. The summed E-state index contributed by atoms with van der Waals surface area (Å²) < 4.78 is 22.0. The molecular formula is C20H20O5. The summed E-state index contributed by atoms with van der Waals surface area (Å²) in [5.74, 6) is 1.98. The molecule has 0 aliphatic carbocycles. The number of rotatable bonds is 6. The van der Waals surface area contributed by atoms with Gasteiger partial charge in [0.05, 0.1) is 21.3 Å². The van der Waals surface area contributed by atoms with Gasteiger partial charge in [0, 0.05) is 24.1 Å². The van der Waals surface area contributed by atoms with E-state index in [4.69, 9.17) is 18.9 Å². The van der Waals surface area contributed by atoms with E-state index >= 15 is 0 Å². The monoisotopic (exact) mass is 340 g/mol. The third-order valence-electron chi connectivity index (χ3n) is 4.36. The Morgan fingerprint density at radius 3 is 2.28 bits per heavy atom. The highest BCUT2D eigenvalue weighted by molar-refractivity contribution is 6.10. The van der Waals surface area contributed by atoms with E-state index in [-0.39, 0.29) is 5.78 Å². The number of methoxy groups -OCH3 is 3. The molecule has 5 nitrogen and oxygen atoms in total. The SMILES string of the molecule is C=CC[C@]1(c2ccc(OC)cc2)Oc2cc(OC)cc(OC)c2C1=O. The van der Waals surface area contributed by atoms with Crippen LogP contribution in [-0.2, 0) is 5.60 Å². The van der Waals surface area contributed by atoms with Crippen LogP contribution in [0, 0.1) is 0 Å². The molecule has 1 atom stereocenters. The molecule has 2 aromatic rings. The minimum atomic E-state index is -1.17. The van der Waals surface area contributed by atoms with Crippen LogP contribution in [0.2, 0.25) is 0 Å². The fraction of sp³-hybridized carbons (Fsp3) is 0.250. The number of fused-ring (bicyclic) bond motifs is 1. The van der Waals surface area contributed by atoms with Crippen LogP contribution < -0.4 is 18.9 Å². The van der Waals surface area contributed by atoms with Crippen LogP contribution in [0.15, 0.2) is 49.1 Å². The van der Waals surface area contributed by atoms with E-state index in [1.54, 1.807) is 44.6 Å². The highest BCUT2D eigenvalue weighted by atomic mass is 16.5. The summed E-state index contributed by atoms with van der Waals surface area (Å²) >= 11 is 0. The minimum absolute atomic E-state index is 0.160. The van der Waals surface area contributed by atoms with Crippen molar-refractivity contribution in [3.05, 3.63) is 60.2 Å². The fourth-order valence-electron chi connectivity index (χ4n) is 3.09. The number of carbonyl (C=O) groups excluding carboxylic acids is 1. The Bertz CT molecular complexity index is 810. The number of hydrogen-bond donors (Lipinski definition) is 0. The van der Waals surface area contributed by atoms with Gasteiger partial charge in [-0.25, -0.2) is 0 Å². The summed E-state index contributed by atoms with van der Waals surface area (Å²) in [6, 6.07) is 10.6. The second-order valence-corrected chi connectivity index (χ2v) is 5.68. The van der Waals surface area contributed by atoms with Crippen molar-refractivity contribution in [1.82, 2.24) is 0 Å². The molecule has 0 aromatic heterocycles. The fourth-order valence-corrected chi connectivity index (χ4v) is 3.09. The molecule has 0 fully saturated rings. The van der Waals surface area contributed by atoms with Crippen LogP contribution in [-0.4, -0.2) is 27.1 Å². The summed E-state index contributed by atoms with van der Waals surface area (Å²) in [6.45, 7) is 3.79. The Morgan fingerprint density at radius 2 is 1.72 bits per heavy atom. The summed E-state index contributed by atoms with van der Waals surface area (Å²) in [6.07, 6.45) is 2.01. The lowest BCUT2D eigenvalue weighted by atomic mass is 9.84. The Hall–Kier alpha value is -2.95. The average molecular weight is 340 g/mol. The summed E-state index contributed by atoms with van der Waals surface area (Å²) in [7, 11) is 4.67. The van der Waals surface area contributed by atoms with Crippen LogP contribution in [0.1, 0.15) is 22.3 Å². The summed E-state index contributed by atoms with van der Waals surface area (Å²) in [5.41, 5.74) is -0.0212. The van der Waals surface area contributed by atoms with Crippen LogP contribution in [0.25, 0.3) is 0 Å². The van der Waals surface area contributed by atoms with Crippen molar-refractivity contribution in [2.75, 3.05) is 21.3 Å². The van der Waals surface area contributed by atoms with E-state index in [1.165, 1.54) is 7.11 Å². The highest BCUT2D eigenvalue weighted by Gasteiger charge is 2.50. The molecule has 25 heavy (non-hydrogen) atoms. The molecule has 3 rings (SSSR count). The Kier molecular flexibility index (Phi) is 4.40. The largest absolute Gasteiger partial charge is 0.497 e. The van der Waals surface area contributed by atoms with E-state index in [9.17, 15) is 4.79 Å². The van der Waals surface area contributed by atoms with Gasteiger partial charge in [-0.1, -0.05) is 18.2 Å². The first-order valence-corrected chi connectivity index (χ1v) is 7.85. The number of ketones is 1. The lowest BCUT2D eigenvalue weighted by Gasteiger charge is -2.26. The van der Waals surface area contributed by atoms with Gasteiger partial charge in [0.2, 0.25) is 5.78 Å². The zero-order chi connectivity index (χ0) is 18.0. The molecule has 0 saturated carbocycles. The highest BCUT2D eigenvalue weighted by Crippen LogP contribution is 2.49. The predicted molar refractivity (Wildman–Crippen MR) is 94.0 cm³/mol. The van der Waals surface area contributed by atoms with Gasteiger partial charge in [-0.3, -0.25) is 4.79 Å². The van der Waals surface area contributed by atoms with Gasteiger partial charge < -0.3 is 18.9 Å². The van der Waals surface area contributed by atoms with E-state index in [2.05, 4.69) is 6.58 Å². The standard InChI is InChI=1S/C20H20O5/c1-5-10-20(13-6-8-14(22-2)9-7-13)19(21)18-16(24-4)11-15(23-3)12-17(18)25-20/h5-9,11-12H,1,10H2,2-4H3/t20-/m1/s1. The van der Waals surface area contributed by atoms with Crippen LogP contribution in [0.5, 0.6) is 23.0 Å². The predicted octanol–water partition coefficient (Wildman–Crippen LogP) is 3.76. The van der Waals surface area contributed by atoms with E-state index in [0.717, 1.165) is 5.56 Å². The van der Waals surface area contributed by atoms with Crippen LogP contribution >= 0.6 is 0 Å². The molecule has 130 valence electrons. The molecule has 1 heterocycles. The molecule has 0 bridgehead atoms. The van der Waals surface area contributed by atoms with E-state index < -0.39 is 5.60 Å². The van der Waals surface area contributed by atoms with Crippen molar-refractivity contribution in [3.8, 4) is 23.0 Å². The number of hydrogen-bond acceptors (Lipinski definition) is 5. The maximum Gasteiger partial charge on any atom is 0.218 e. The number of carbonyl (C=O) groups is 1. The molecular weight excluding hydrogens is 320 g/mol. The van der Waals surface area contributed by atoms with Gasteiger partial charge in [0.15, 0.2) is 5.60 Å². The molecule has 2 aromatic carbocycles. The van der Waals surface area contributed by atoms with Crippen molar-refractivity contribution < 1.29 is 23.7 Å². The number of ether oxygens (including phenoxy) is 4. The molecule has 0 N–H and O–H groups in total. The van der Waals surface area contributed by atoms with Gasteiger partial charge in [-0.05, 0) is 12.1 Å². The first kappa shape index (κ1) is 16.9. The maximum absolute atomic E-state index is 13.3. The number of Topliss-reactive ketones (excluding diaryl/α,β-unsaturated/α-hetero) is 1. The molecule has 0 unspecified atom stereocenters. The molecule has 0 radical (unpaired) electrons.